The molecule has 2 aromatic rings. The van der Waals surface area contributed by atoms with Crippen LogP contribution in [0.4, 0.5) is 32.3 Å². The molecule has 0 bridgehead atoms. The van der Waals surface area contributed by atoms with Crippen LogP contribution in [0.25, 0.3) is 0 Å². The standard InChI is InChI=1S/C14H11F6N3O/c1-8(9-2-4-10(5-3-9)24-14(18,19)20)22-12-21-7-6-11(23-12)13(15,16)17/h2-8H,1H3,(H,21,22,23)/t8-/m0/s1. The fraction of sp³-hybridized carbons (Fsp3) is 0.286. The molecule has 130 valence electrons. The molecule has 0 aliphatic rings. The number of aromatic nitrogens is 2. The second kappa shape index (κ2) is 6.54. The van der Waals surface area contributed by atoms with Crippen LogP contribution in [0.15, 0.2) is 36.5 Å². The normalized spacial score (nSPS) is 13.5. The van der Waals surface area contributed by atoms with Crippen molar-refractivity contribution in [2.75, 3.05) is 5.32 Å². The van der Waals surface area contributed by atoms with Gasteiger partial charge in [0.2, 0.25) is 5.95 Å². The Kier molecular flexibility index (Phi) is 4.86. The fourth-order valence-corrected chi connectivity index (χ4v) is 1.82. The van der Waals surface area contributed by atoms with Gasteiger partial charge in [-0.2, -0.15) is 13.2 Å². The van der Waals surface area contributed by atoms with Crippen molar-refractivity contribution in [3.05, 3.63) is 47.8 Å². The minimum absolute atomic E-state index is 0.243. The molecule has 4 nitrogen and oxygen atoms in total. The second-order valence-corrected chi connectivity index (χ2v) is 4.75. The summed E-state index contributed by atoms with van der Waals surface area (Å²) in [5, 5.41) is 2.65. The maximum Gasteiger partial charge on any atom is 0.573 e. The topological polar surface area (TPSA) is 47.0 Å². The third-order valence-electron chi connectivity index (χ3n) is 2.91. The van der Waals surface area contributed by atoms with Crippen molar-refractivity contribution in [3.8, 4) is 5.75 Å². The number of nitrogens with one attached hydrogen (secondary N) is 1. The Morgan fingerprint density at radius 2 is 1.62 bits per heavy atom. The zero-order chi connectivity index (χ0) is 18.0. The van der Waals surface area contributed by atoms with Crippen molar-refractivity contribution < 1.29 is 31.1 Å². The van der Waals surface area contributed by atoms with Crippen molar-refractivity contribution in [1.29, 1.82) is 0 Å². The van der Waals surface area contributed by atoms with Crippen molar-refractivity contribution in [3.63, 3.8) is 0 Å². The molecule has 0 saturated carbocycles. The van der Waals surface area contributed by atoms with E-state index in [2.05, 4.69) is 20.0 Å². The van der Waals surface area contributed by atoms with E-state index in [0.717, 1.165) is 24.4 Å². The number of anilines is 1. The van der Waals surface area contributed by atoms with Crippen molar-refractivity contribution in [2.45, 2.75) is 25.5 Å². The van der Waals surface area contributed by atoms with Crippen LogP contribution in [0.5, 0.6) is 5.75 Å². The highest BCUT2D eigenvalue weighted by Gasteiger charge is 2.33. The summed E-state index contributed by atoms with van der Waals surface area (Å²) in [6, 6.07) is 5.12. The molecular formula is C14H11F6N3O. The van der Waals surface area contributed by atoms with Crippen LogP contribution >= 0.6 is 0 Å². The maximum absolute atomic E-state index is 12.6. The van der Waals surface area contributed by atoms with E-state index in [-0.39, 0.29) is 5.95 Å². The summed E-state index contributed by atoms with van der Waals surface area (Å²) in [6.07, 6.45) is -8.43. The summed E-state index contributed by atoms with van der Waals surface area (Å²) >= 11 is 0. The van der Waals surface area contributed by atoms with E-state index >= 15 is 0 Å². The molecule has 0 amide bonds. The first-order valence-electron chi connectivity index (χ1n) is 6.57. The fourth-order valence-electron chi connectivity index (χ4n) is 1.82. The van der Waals surface area contributed by atoms with E-state index in [1.165, 1.54) is 12.1 Å². The summed E-state index contributed by atoms with van der Waals surface area (Å²) < 4.78 is 77.7. The first kappa shape index (κ1) is 17.8. The van der Waals surface area contributed by atoms with E-state index in [4.69, 9.17) is 0 Å². The van der Waals surface area contributed by atoms with Gasteiger partial charge < -0.3 is 10.1 Å². The number of hydrogen-bond acceptors (Lipinski definition) is 4. The molecule has 0 fully saturated rings. The monoisotopic (exact) mass is 351 g/mol. The number of halogens is 6. The molecule has 1 aromatic heterocycles. The maximum atomic E-state index is 12.6. The molecule has 0 spiro atoms. The molecule has 0 saturated heterocycles. The van der Waals surface area contributed by atoms with E-state index in [0.29, 0.717) is 5.56 Å². The number of benzene rings is 1. The number of ether oxygens (including phenoxy) is 1. The SMILES string of the molecule is C[C@H](Nc1nccc(C(F)(F)F)n1)c1ccc(OC(F)(F)F)cc1. The molecule has 0 aliphatic carbocycles. The summed E-state index contributed by atoms with van der Waals surface area (Å²) in [6.45, 7) is 1.60. The minimum Gasteiger partial charge on any atom is -0.406 e. The number of hydrogen-bond donors (Lipinski definition) is 1. The van der Waals surface area contributed by atoms with E-state index in [9.17, 15) is 26.3 Å². The molecule has 1 heterocycles. The number of alkyl halides is 6. The Bertz CT molecular complexity index is 684. The largest absolute Gasteiger partial charge is 0.573 e. The molecule has 24 heavy (non-hydrogen) atoms. The first-order chi connectivity index (χ1) is 11.0. The zero-order valence-electron chi connectivity index (χ0n) is 12.1. The van der Waals surface area contributed by atoms with Gasteiger partial charge in [-0.3, -0.25) is 0 Å². The molecule has 0 aliphatic heterocycles. The van der Waals surface area contributed by atoms with Gasteiger partial charge in [0, 0.05) is 6.20 Å². The highest BCUT2D eigenvalue weighted by Crippen LogP contribution is 2.29. The van der Waals surface area contributed by atoms with Crippen LogP contribution in [0.2, 0.25) is 0 Å². The van der Waals surface area contributed by atoms with Crippen LogP contribution in [-0.2, 0) is 6.18 Å². The lowest BCUT2D eigenvalue weighted by atomic mass is 10.1. The van der Waals surface area contributed by atoms with Gasteiger partial charge in [-0.25, -0.2) is 9.97 Å². The van der Waals surface area contributed by atoms with Crippen LogP contribution < -0.4 is 10.1 Å². The number of rotatable bonds is 4. The van der Waals surface area contributed by atoms with Crippen LogP contribution in [-0.4, -0.2) is 16.3 Å². The van der Waals surface area contributed by atoms with Gasteiger partial charge in [0.1, 0.15) is 11.4 Å². The average Bonchev–Trinajstić information content (AvgIpc) is 2.45. The molecule has 10 heteroatoms. The Morgan fingerprint density at radius 1 is 1.00 bits per heavy atom. The molecule has 1 aromatic carbocycles. The molecular weight excluding hydrogens is 340 g/mol. The predicted octanol–water partition coefficient (Wildman–Crippen LogP) is 4.57. The van der Waals surface area contributed by atoms with E-state index < -0.39 is 30.0 Å². The predicted molar refractivity (Wildman–Crippen MR) is 72.2 cm³/mol. The minimum atomic E-state index is -4.79. The lowest BCUT2D eigenvalue weighted by molar-refractivity contribution is -0.274. The molecule has 0 unspecified atom stereocenters. The van der Waals surface area contributed by atoms with Crippen LogP contribution in [0.1, 0.15) is 24.2 Å². The molecule has 1 atom stereocenters. The summed E-state index contributed by atoms with van der Waals surface area (Å²) in [5.74, 6) is -0.637. The van der Waals surface area contributed by atoms with Gasteiger partial charge in [-0.1, -0.05) is 12.1 Å². The van der Waals surface area contributed by atoms with Crippen molar-refractivity contribution in [2.24, 2.45) is 0 Å². The summed E-state index contributed by atoms with van der Waals surface area (Å²) in [7, 11) is 0. The van der Waals surface area contributed by atoms with Gasteiger partial charge in [0.25, 0.3) is 0 Å². The summed E-state index contributed by atoms with van der Waals surface area (Å²) in [4.78, 5) is 7.04. The lowest BCUT2D eigenvalue weighted by Gasteiger charge is -2.16. The van der Waals surface area contributed by atoms with E-state index in [1.54, 1.807) is 6.92 Å². The zero-order valence-corrected chi connectivity index (χ0v) is 12.1. The van der Waals surface area contributed by atoms with Crippen LogP contribution in [0, 0.1) is 0 Å². The highest BCUT2D eigenvalue weighted by molar-refractivity contribution is 5.35. The van der Waals surface area contributed by atoms with Gasteiger partial charge in [0.05, 0.1) is 6.04 Å². The lowest BCUT2D eigenvalue weighted by Crippen LogP contribution is -2.17. The van der Waals surface area contributed by atoms with Gasteiger partial charge in [-0.05, 0) is 30.7 Å². The highest BCUT2D eigenvalue weighted by atomic mass is 19.4. The molecule has 0 radical (unpaired) electrons. The number of nitrogens with zero attached hydrogens (tertiary/aromatic N) is 2. The van der Waals surface area contributed by atoms with Gasteiger partial charge >= 0.3 is 12.5 Å². The van der Waals surface area contributed by atoms with Crippen molar-refractivity contribution >= 4 is 5.95 Å². The first-order valence-corrected chi connectivity index (χ1v) is 6.57. The van der Waals surface area contributed by atoms with Crippen LogP contribution in [0.3, 0.4) is 0 Å². The third-order valence-corrected chi connectivity index (χ3v) is 2.91. The smallest absolute Gasteiger partial charge is 0.406 e. The Balaban J connectivity index is 2.08. The average molecular weight is 351 g/mol. The Hall–Kier alpha value is -2.52. The van der Waals surface area contributed by atoms with Gasteiger partial charge in [0.15, 0.2) is 0 Å². The van der Waals surface area contributed by atoms with E-state index in [1.807, 2.05) is 0 Å². The van der Waals surface area contributed by atoms with Gasteiger partial charge in [-0.15, -0.1) is 13.2 Å². The second-order valence-electron chi connectivity index (χ2n) is 4.75. The summed E-state index contributed by atoms with van der Waals surface area (Å²) in [5.41, 5.74) is -0.577. The van der Waals surface area contributed by atoms with Crippen molar-refractivity contribution in [1.82, 2.24) is 9.97 Å². The Labute approximate surface area is 132 Å². The third kappa shape index (κ3) is 5.00. The quantitative estimate of drug-likeness (QED) is 0.820. The Morgan fingerprint density at radius 3 is 2.17 bits per heavy atom. The molecule has 2 rings (SSSR count). The molecule has 1 N–H and O–H groups in total.